The van der Waals surface area contributed by atoms with Gasteiger partial charge in [-0.05, 0) is 56.7 Å². The van der Waals surface area contributed by atoms with Crippen molar-refractivity contribution in [2.24, 2.45) is 0 Å². The summed E-state index contributed by atoms with van der Waals surface area (Å²) in [6.07, 6.45) is -0.965. The van der Waals surface area contributed by atoms with Crippen LogP contribution in [0, 0.1) is 19.7 Å². The predicted molar refractivity (Wildman–Crippen MR) is 85.8 cm³/mol. The van der Waals surface area contributed by atoms with Crippen molar-refractivity contribution in [3.05, 3.63) is 65.0 Å². The van der Waals surface area contributed by atoms with Gasteiger partial charge in [-0.25, -0.2) is 9.18 Å². The molecule has 0 spiro atoms. The second-order valence-electron chi connectivity index (χ2n) is 5.36. The van der Waals surface area contributed by atoms with Crippen LogP contribution in [0.2, 0.25) is 0 Å². The summed E-state index contributed by atoms with van der Waals surface area (Å²) in [7, 11) is 0. The largest absolute Gasteiger partial charge is 0.449 e. The van der Waals surface area contributed by atoms with Crippen LogP contribution in [0.4, 0.5) is 10.1 Å². The van der Waals surface area contributed by atoms with Gasteiger partial charge in [-0.3, -0.25) is 4.79 Å². The number of rotatable bonds is 4. The molecule has 4 nitrogen and oxygen atoms in total. The SMILES string of the molecule is Cc1ccc(NC(=O)[C@H](C)OC(=O)c2ccc(F)cc2)c(C)c1. The van der Waals surface area contributed by atoms with Gasteiger partial charge in [0.25, 0.3) is 5.91 Å². The van der Waals surface area contributed by atoms with E-state index in [1.165, 1.54) is 19.1 Å². The predicted octanol–water partition coefficient (Wildman–Crippen LogP) is 3.63. The normalized spacial score (nSPS) is 11.7. The van der Waals surface area contributed by atoms with Crippen LogP contribution in [0.5, 0.6) is 0 Å². The summed E-state index contributed by atoms with van der Waals surface area (Å²) in [5, 5.41) is 2.73. The van der Waals surface area contributed by atoms with Crippen LogP contribution in [0.15, 0.2) is 42.5 Å². The van der Waals surface area contributed by atoms with E-state index in [1.54, 1.807) is 6.07 Å². The van der Waals surface area contributed by atoms with Gasteiger partial charge in [-0.1, -0.05) is 17.7 Å². The zero-order valence-electron chi connectivity index (χ0n) is 13.2. The van der Waals surface area contributed by atoms with Gasteiger partial charge in [0, 0.05) is 5.69 Å². The molecule has 120 valence electrons. The molecule has 0 bridgehead atoms. The molecule has 0 aliphatic rings. The number of hydrogen-bond acceptors (Lipinski definition) is 3. The standard InChI is InChI=1S/C18H18FNO3/c1-11-4-9-16(12(2)10-11)20-17(21)13(3)23-18(22)14-5-7-15(19)8-6-14/h4-10,13H,1-3H3,(H,20,21)/t13-/m0/s1. The maximum absolute atomic E-state index is 12.8. The second-order valence-corrected chi connectivity index (χ2v) is 5.36. The van der Waals surface area contributed by atoms with Gasteiger partial charge < -0.3 is 10.1 Å². The van der Waals surface area contributed by atoms with E-state index in [1.807, 2.05) is 26.0 Å². The van der Waals surface area contributed by atoms with Crippen LogP contribution >= 0.6 is 0 Å². The quantitative estimate of drug-likeness (QED) is 0.877. The van der Waals surface area contributed by atoms with E-state index in [4.69, 9.17) is 4.74 Å². The Morgan fingerprint density at radius 3 is 2.35 bits per heavy atom. The molecular weight excluding hydrogens is 297 g/mol. The molecule has 0 fully saturated rings. The highest BCUT2D eigenvalue weighted by Gasteiger charge is 2.19. The molecule has 0 aromatic heterocycles. The van der Waals surface area contributed by atoms with Crippen molar-refractivity contribution in [1.82, 2.24) is 0 Å². The van der Waals surface area contributed by atoms with Crippen LogP contribution in [-0.4, -0.2) is 18.0 Å². The Labute approximate surface area is 134 Å². The number of esters is 1. The van der Waals surface area contributed by atoms with Crippen molar-refractivity contribution in [3.63, 3.8) is 0 Å². The van der Waals surface area contributed by atoms with Crippen molar-refractivity contribution >= 4 is 17.6 Å². The molecule has 0 aliphatic carbocycles. The Bertz CT molecular complexity index is 726. The number of carbonyl (C=O) groups is 2. The monoisotopic (exact) mass is 315 g/mol. The fraction of sp³-hybridized carbons (Fsp3) is 0.222. The lowest BCUT2D eigenvalue weighted by molar-refractivity contribution is -0.123. The summed E-state index contributed by atoms with van der Waals surface area (Å²) in [5.74, 6) is -1.54. The minimum absolute atomic E-state index is 0.192. The zero-order valence-corrected chi connectivity index (χ0v) is 13.2. The summed E-state index contributed by atoms with van der Waals surface area (Å²) >= 11 is 0. The summed E-state index contributed by atoms with van der Waals surface area (Å²) in [4.78, 5) is 24.0. The highest BCUT2D eigenvalue weighted by atomic mass is 19.1. The molecule has 1 N–H and O–H groups in total. The lowest BCUT2D eigenvalue weighted by atomic mass is 10.1. The number of carbonyl (C=O) groups excluding carboxylic acids is 2. The lowest BCUT2D eigenvalue weighted by Gasteiger charge is -2.15. The Morgan fingerprint density at radius 2 is 1.74 bits per heavy atom. The van der Waals surface area contributed by atoms with Gasteiger partial charge in [-0.2, -0.15) is 0 Å². The van der Waals surface area contributed by atoms with Crippen LogP contribution < -0.4 is 5.32 Å². The Hall–Kier alpha value is -2.69. The highest BCUT2D eigenvalue weighted by Crippen LogP contribution is 2.16. The number of ether oxygens (including phenoxy) is 1. The van der Waals surface area contributed by atoms with E-state index >= 15 is 0 Å². The molecule has 0 unspecified atom stereocenters. The molecule has 0 aliphatic heterocycles. The molecule has 0 saturated carbocycles. The first-order valence-corrected chi connectivity index (χ1v) is 7.21. The Kier molecular flexibility index (Phi) is 5.11. The average Bonchev–Trinajstić information content (AvgIpc) is 2.50. The summed E-state index contributed by atoms with van der Waals surface area (Å²) < 4.78 is 17.9. The number of amides is 1. The summed E-state index contributed by atoms with van der Waals surface area (Å²) in [6, 6.07) is 10.6. The number of anilines is 1. The van der Waals surface area contributed by atoms with Crippen molar-refractivity contribution in [1.29, 1.82) is 0 Å². The first-order chi connectivity index (χ1) is 10.9. The zero-order chi connectivity index (χ0) is 17.0. The van der Waals surface area contributed by atoms with Gasteiger partial charge in [0.05, 0.1) is 5.56 Å². The van der Waals surface area contributed by atoms with Crippen LogP contribution in [0.3, 0.4) is 0 Å². The molecule has 2 aromatic carbocycles. The smallest absolute Gasteiger partial charge is 0.338 e. The highest BCUT2D eigenvalue weighted by molar-refractivity contribution is 5.97. The van der Waals surface area contributed by atoms with E-state index in [0.29, 0.717) is 5.69 Å². The molecular formula is C18H18FNO3. The molecule has 5 heteroatoms. The molecule has 0 heterocycles. The van der Waals surface area contributed by atoms with Gasteiger partial charge in [0.2, 0.25) is 0 Å². The first-order valence-electron chi connectivity index (χ1n) is 7.21. The number of aryl methyl sites for hydroxylation is 2. The summed E-state index contributed by atoms with van der Waals surface area (Å²) in [5.41, 5.74) is 2.88. The van der Waals surface area contributed by atoms with Crippen LogP contribution in [0.1, 0.15) is 28.4 Å². The van der Waals surface area contributed by atoms with Crippen molar-refractivity contribution in [2.75, 3.05) is 5.32 Å². The summed E-state index contributed by atoms with van der Waals surface area (Å²) in [6.45, 7) is 5.34. The van der Waals surface area contributed by atoms with E-state index in [2.05, 4.69) is 5.32 Å². The average molecular weight is 315 g/mol. The maximum atomic E-state index is 12.8. The van der Waals surface area contributed by atoms with E-state index in [0.717, 1.165) is 23.3 Å². The fourth-order valence-corrected chi connectivity index (χ4v) is 2.06. The van der Waals surface area contributed by atoms with E-state index in [-0.39, 0.29) is 5.56 Å². The van der Waals surface area contributed by atoms with E-state index in [9.17, 15) is 14.0 Å². The van der Waals surface area contributed by atoms with Crippen LogP contribution in [0.25, 0.3) is 0 Å². The van der Waals surface area contributed by atoms with Crippen molar-refractivity contribution in [2.45, 2.75) is 26.9 Å². The van der Waals surface area contributed by atoms with Crippen molar-refractivity contribution in [3.8, 4) is 0 Å². The maximum Gasteiger partial charge on any atom is 0.338 e. The Morgan fingerprint density at radius 1 is 1.09 bits per heavy atom. The Balaban J connectivity index is 1.99. The lowest BCUT2D eigenvalue weighted by Crippen LogP contribution is -2.30. The second kappa shape index (κ2) is 7.05. The molecule has 0 radical (unpaired) electrons. The number of halogens is 1. The molecule has 1 amide bonds. The van der Waals surface area contributed by atoms with Gasteiger partial charge in [0.1, 0.15) is 5.82 Å². The third-order valence-electron chi connectivity index (χ3n) is 3.37. The first kappa shape index (κ1) is 16.7. The molecule has 2 aromatic rings. The minimum Gasteiger partial charge on any atom is -0.449 e. The third kappa shape index (κ3) is 4.39. The fourth-order valence-electron chi connectivity index (χ4n) is 2.06. The van der Waals surface area contributed by atoms with Gasteiger partial charge in [0.15, 0.2) is 6.10 Å². The number of nitrogens with one attached hydrogen (secondary N) is 1. The third-order valence-corrected chi connectivity index (χ3v) is 3.37. The molecule has 2 rings (SSSR count). The molecule has 0 saturated heterocycles. The topological polar surface area (TPSA) is 55.4 Å². The molecule has 1 atom stereocenters. The van der Waals surface area contributed by atoms with Crippen LogP contribution in [-0.2, 0) is 9.53 Å². The van der Waals surface area contributed by atoms with E-state index < -0.39 is 23.8 Å². The number of benzene rings is 2. The minimum atomic E-state index is -0.965. The van der Waals surface area contributed by atoms with Gasteiger partial charge in [-0.15, -0.1) is 0 Å². The van der Waals surface area contributed by atoms with Crippen molar-refractivity contribution < 1.29 is 18.7 Å². The molecule has 23 heavy (non-hydrogen) atoms. The number of hydrogen-bond donors (Lipinski definition) is 1. The van der Waals surface area contributed by atoms with Gasteiger partial charge >= 0.3 is 5.97 Å².